The molecule has 1 saturated heterocycles. The molecule has 10 heteroatoms. The van der Waals surface area contributed by atoms with Gasteiger partial charge in [0.2, 0.25) is 0 Å². The van der Waals surface area contributed by atoms with Crippen LogP contribution in [-0.4, -0.2) is 53.4 Å². The van der Waals surface area contributed by atoms with Crippen LogP contribution in [0.1, 0.15) is 34.9 Å². The number of anilines is 3. The lowest BCUT2D eigenvalue weighted by Gasteiger charge is -2.27. The summed E-state index contributed by atoms with van der Waals surface area (Å²) in [5.41, 5.74) is 4.37. The fraction of sp³-hybridized carbons (Fsp3) is 0.286. The maximum absolute atomic E-state index is 13.2. The molecule has 2 aromatic heterocycles. The average molecular weight is 527 g/mol. The van der Waals surface area contributed by atoms with Crippen molar-refractivity contribution < 1.29 is 13.9 Å². The number of aromatic nitrogens is 3. The van der Waals surface area contributed by atoms with Crippen molar-refractivity contribution in [3.8, 4) is 11.6 Å². The second-order valence-corrected chi connectivity index (χ2v) is 10.6. The molecule has 9 nitrogen and oxygen atoms in total. The minimum absolute atomic E-state index is 0.170. The maximum Gasteiger partial charge on any atom is 0.316 e. The predicted octanol–water partition coefficient (Wildman–Crippen LogP) is 4.77. The summed E-state index contributed by atoms with van der Waals surface area (Å²) in [6.45, 7) is 2.97. The fourth-order valence-electron chi connectivity index (χ4n) is 4.81. The van der Waals surface area contributed by atoms with E-state index in [2.05, 4.69) is 25.7 Å². The van der Waals surface area contributed by atoms with Gasteiger partial charge in [-0.1, -0.05) is 53.6 Å². The second kappa shape index (κ2) is 9.70. The number of benzene rings is 2. The van der Waals surface area contributed by atoms with Gasteiger partial charge in [-0.05, 0) is 36.1 Å². The van der Waals surface area contributed by atoms with E-state index in [-0.39, 0.29) is 11.9 Å². The van der Waals surface area contributed by atoms with Crippen molar-refractivity contribution in [1.82, 2.24) is 15.2 Å². The zero-order valence-electron chi connectivity index (χ0n) is 20.6. The van der Waals surface area contributed by atoms with Gasteiger partial charge >= 0.3 is 6.01 Å². The van der Waals surface area contributed by atoms with E-state index in [4.69, 9.17) is 14.1 Å². The molecule has 2 aliphatic heterocycles. The summed E-state index contributed by atoms with van der Waals surface area (Å²) in [5, 5.41) is 16.9. The summed E-state index contributed by atoms with van der Waals surface area (Å²) >= 11 is 1.71. The second-order valence-electron chi connectivity index (χ2n) is 9.60. The fourth-order valence-corrected chi connectivity index (χ4v) is 6.09. The highest BCUT2D eigenvalue weighted by atomic mass is 32.1. The Morgan fingerprint density at radius 1 is 1.00 bits per heavy atom. The zero-order valence-corrected chi connectivity index (χ0v) is 21.4. The number of hydrogen-bond acceptors (Lipinski definition) is 9. The first-order valence-corrected chi connectivity index (χ1v) is 13.7. The molecule has 2 N–H and O–H groups in total. The molecule has 1 saturated carbocycles. The molecule has 0 radical (unpaired) electrons. The smallest absolute Gasteiger partial charge is 0.316 e. The molecule has 2 aromatic carbocycles. The van der Waals surface area contributed by atoms with Crippen molar-refractivity contribution >= 4 is 39.5 Å². The lowest BCUT2D eigenvalue weighted by atomic mass is 9.96. The molecule has 1 aliphatic carbocycles. The number of ether oxygens (including phenoxy) is 1. The van der Waals surface area contributed by atoms with Gasteiger partial charge in [-0.3, -0.25) is 4.79 Å². The molecule has 192 valence electrons. The Labute approximate surface area is 223 Å². The van der Waals surface area contributed by atoms with Gasteiger partial charge in [0.05, 0.1) is 18.2 Å². The largest absolute Gasteiger partial charge is 0.402 e. The molecular weight excluding hydrogens is 500 g/mol. The number of carbonyl (C=O) groups excluding carboxylic acids is 1. The van der Waals surface area contributed by atoms with E-state index >= 15 is 0 Å². The molecule has 4 heterocycles. The number of nitrogens with zero attached hydrogens (tertiary/aromatic N) is 4. The van der Waals surface area contributed by atoms with Gasteiger partial charge in [-0.15, -0.1) is 16.4 Å². The normalized spacial score (nSPS) is 19.4. The topological polar surface area (TPSA) is 105 Å². The van der Waals surface area contributed by atoms with Crippen LogP contribution in [0, 0.1) is 0 Å². The maximum atomic E-state index is 13.2. The van der Waals surface area contributed by atoms with Crippen molar-refractivity contribution in [2.24, 2.45) is 0 Å². The first-order chi connectivity index (χ1) is 18.7. The van der Waals surface area contributed by atoms with Crippen LogP contribution in [0.15, 0.2) is 65.1 Å². The molecule has 0 unspecified atom stereocenters. The van der Waals surface area contributed by atoms with Crippen LogP contribution in [-0.2, 0) is 9.53 Å². The van der Waals surface area contributed by atoms with E-state index in [9.17, 15) is 4.79 Å². The van der Waals surface area contributed by atoms with Gasteiger partial charge in [0, 0.05) is 30.3 Å². The summed E-state index contributed by atoms with van der Waals surface area (Å²) in [7, 11) is 0. The van der Waals surface area contributed by atoms with Crippen LogP contribution < -0.4 is 15.5 Å². The molecule has 4 aromatic rings. The van der Waals surface area contributed by atoms with Crippen LogP contribution in [0.5, 0.6) is 0 Å². The number of thiazole rings is 1. The molecule has 0 spiro atoms. The number of nitrogens with one attached hydrogen (secondary N) is 2. The van der Waals surface area contributed by atoms with Crippen LogP contribution >= 0.6 is 11.3 Å². The Morgan fingerprint density at radius 3 is 2.61 bits per heavy atom. The molecule has 2 fully saturated rings. The van der Waals surface area contributed by atoms with Crippen molar-refractivity contribution in [3.63, 3.8) is 0 Å². The van der Waals surface area contributed by atoms with Crippen LogP contribution in [0.25, 0.3) is 17.2 Å². The number of hydrogen-bond donors (Lipinski definition) is 2. The Hall–Kier alpha value is -4.02. The molecule has 1 amide bonds. The van der Waals surface area contributed by atoms with E-state index < -0.39 is 6.04 Å². The van der Waals surface area contributed by atoms with Crippen LogP contribution in [0.4, 0.5) is 16.7 Å². The summed E-state index contributed by atoms with van der Waals surface area (Å²) in [6, 6.07) is 17.3. The minimum atomic E-state index is -0.720. The van der Waals surface area contributed by atoms with Gasteiger partial charge in [0.25, 0.3) is 11.8 Å². The standard InChI is InChI=1S/C28H26N6O3S/c35-24-22(16-20(17-6-2-1-3-7-17)19-8-4-5-9-21(19)29-24)30-28-33-32-25(37-28)23-27(34-12-14-36-15-13-34)38-26(31-23)18-10-11-18/h1-9,16,18,22H,10-15H2,(H,29,35)(H,30,33)/t22-/m1/s1. The van der Waals surface area contributed by atoms with Crippen molar-refractivity contribution in [2.45, 2.75) is 24.8 Å². The van der Waals surface area contributed by atoms with E-state index in [0.29, 0.717) is 30.7 Å². The highest BCUT2D eigenvalue weighted by Gasteiger charge is 2.32. The molecule has 3 aliphatic rings. The van der Waals surface area contributed by atoms with Gasteiger partial charge < -0.3 is 24.7 Å². The third-order valence-electron chi connectivity index (χ3n) is 6.93. The Balaban J connectivity index is 1.21. The molecule has 0 bridgehead atoms. The lowest BCUT2D eigenvalue weighted by Crippen LogP contribution is -2.35. The third-order valence-corrected chi connectivity index (χ3v) is 8.21. The van der Waals surface area contributed by atoms with Gasteiger partial charge in [-0.25, -0.2) is 4.98 Å². The Bertz CT molecular complexity index is 1500. The quantitative estimate of drug-likeness (QED) is 0.370. The highest BCUT2D eigenvalue weighted by Crippen LogP contribution is 2.47. The monoisotopic (exact) mass is 526 g/mol. The predicted molar refractivity (Wildman–Crippen MR) is 146 cm³/mol. The number of rotatable bonds is 6. The number of fused-ring (bicyclic) bond motifs is 1. The summed E-state index contributed by atoms with van der Waals surface area (Å²) in [4.78, 5) is 20.4. The molecule has 1 atom stereocenters. The van der Waals surface area contributed by atoms with Gasteiger partial charge in [0.1, 0.15) is 11.0 Å². The third kappa shape index (κ3) is 4.46. The number of morpholine rings is 1. The summed E-state index contributed by atoms with van der Waals surface area (Å²) in [5.74, 6) is 0.662. The Kier molecular flexibility index (Phi) is 5.90. The number of amides is 1. The van der Waals surface area contributed by atoms with E-state index in [0.717, 1.165) is 45.5 Å². The highest BCUT2D eigenvalue weighted by molar-refractivity contribution is 7.16. The van der Waals surface area contributed by atoms with Gasteiger partial charge in [-0.2, -0.15) is 0 Å². The minimum Gasteiger partial charge on any atom is -0.402 e. The average Bonchev–Trinajstić information content (AvgIpc) is 3.58. The SMILES string of the molecule is O=C1Nc2ccccc2C(c2ccccc2)=C[C@H]1Nc1nnc(-c2nc(C3CC3)sc2N2CCOCC2)o1. The van der Waals surface area contributed by atoms with Crippen LogP contribution in [0.3, 0.4) is 0 Å². The van der Waals surface area contributed by atoms with Crippen molar-refractivity contribution in [3.05, 3.63) is 76.8 Å². The number of para-hydroxylation sites is 1. The first kappa shape index (κ1) is 23.1. The van der Waals surface area contributed by atoms with Crippen molar-refractivity contribution in [1.29, 1.82) is 0 Å². The molecule has 7 rings (SSSR count). The van der Waals surface area contributed by atoms with Crippen LogP contribution in [0.2, 0.25) is 0 Å². The lowest BCUT2D eigenvalue weighted by molar-refractivity contribution is -0.116. The molecular formula is C28H26N6O3S. The van der Waals surface area contributed by atoms with E-state index in [1.54, 1.807) is 11.3 Å². The summed E-state index contributed by atoms with van der Waals surface area (Å²) in [6.07, 6.45) is 4.25. The number of carbonyl (C=O) groups is 1. The summed E-state index contributed by atoms with van der Waals surface area (Å²) < 4.78 is 11.6. The zero-order chi connectivity index (χ0) is 25.5. The first-order valence-electron chi connectivity index (χ1n) is 12.8. The van der Waals surface area contributed by atoms with E-state index in [1.165, 1.54) is 12.8 Å². The van der Waals surface area contributed by atoms with Gasteiger partial charge in [0.15, 0.2) is 5.69 Å². The Morgan fingerprint density at radius 2 is 1.79 bits per heavy atom. The van der Waals surface area contributed by atoms with Crippen molar-refractivity contribution in [2.75, 3.05) is 41.8 Å². The molecule has 38 heavy (non-hydrogen) atoms. The van der Waals surface area contributed by atoms with E-state index in [1.807, 2.05) is 60.7 Å².